The summed E-state index contributed by atoms with van der Waals surface area (Å²) in [5, 5.41) is 3.87. The van der Waals surface area contributed by atoms with Crippen LogP contribution >= 0.6 is 11.8 Å². The van der Waals surface area contributed by atoms with E-state index in [2.05, 4.69) is 28.5 Å². The number of nitrogens with zero attached hydrogens (tertiary/aromatic N) is 1. The van der Waals surface area contributed by atoms with Crippen molar-refractivity contribution in [3.63, 3.8) is 0 Å². The molecule has 0 spiro atoms. The summed E-state index contributed by atoms with van der Waals surface area (Å²) in [6, 6.07) is 23.9. The third-order valence-corrected chi connectivity index (χ3v) is 4.46. The highest BCUT2D eigenvalue weighted by Gasteiger charge is 2.08. The molecule has 24 heavy (non-hydrogen) atoms. The zero-order chi connectivity index (χ0) is 16.6. The Morgan fingerprint density at radius 2 is 1.67 bits per heavy atom. The molecule has 0 radical (unpaired) electrons. The van der Waals surface area contributed by atoms with Crippen LogP contribution in [-0.2, 0) is 11.2 Å². The molecule has 1 amide bonds. The number of aromatic nitrogens is 1. The van der Waals surface area contributed by atoms with Crippen molar-refractivity contribution < 1.29 is 4.79 Å². The van der Waals surface area contributed by atoms with Crippen molar-refractivity contribution in [2.24, 2.45) is 0 Å². The first kappa shape index (κ1) is 16.3. The Morgan fingerprint density at radius 1 is 0.917 bits per heavy atom. The summed E-state index contributed by atoms with van der Waals surface area (Å²) < 4.78 is 0. The van der Waals surface area contributed by atoms with E-state index >= 15 is 0 Å². The molecule has 120 valence electrons. The lowest BCUT2D eigenvalue weighted by Crippen LogP contribution is -2.15. The number of benzene rings is 2. The van der Waals surface area contributed by atoms with E-state index in [1.165, 1.54) is 17.3 Å². The molecule has 3 nitrogen and oxygen atoms in total. The summed E-state index contributed by atoms with van der Waals surface area (Å²) in [7, 11) is 0. The first-order valence-corrected chi connectivity index (χ1v) is 8.75. The highest BCUT2D eigenvalue weighted by Crippen LogP contribution is 2.20. The number of carbonyl (C=O) groups is 1. The normalized spacial score (nSPS) is 10.3. The maximum Gasteiger partial charge on any atom is 0.234 e. The number of hydrogen-bond donors (Lipinski definition) is 1. The summed E-state index contributed by atoms with van der Waals surface area (Å²) >= 11 is 1.43. The van der Waals surface area contributed by atoms with Crippen molar-refractivity contribution in [3.8, 4) is 0 Å². The van der Waals surface area contributed by atoms with Crippen molar-refractivity contribution >= 4 is 23.4 Å². The van der Waals surface area contributed by atoms with E-state index in [0.717, 1.165) is 22.7 Å². The first-order valence-electron chi connectivity index (χ1n) is 7.77. The molecule has 1 heterocycles. The minimum Gasteiger partial charge on any atom is -0.325 e. The number of pyridine rings is 1. The van der Waals surface area contributed by atoms with Crippen molar-refractivity contribution in [2.75, 3.05) is 11.1 Å². The maximum atomic E-state index is 12.2. The van der Waals surface area contributed by atoms with Crippen molar-refractivity contribution in [1.29, 1.82) is 0 Å². The second-order valence-corrected chi connectivity index (χ2v) is 6.32. The SMILES string of the molecule is O=C(CSc1ccccn1)Nc1ccccc1Cc1ccccc1. The van der Waals surface area contributed by atoms with E-state index in [0.29, 0.717) is 5.75 Å². The zero-order valence-corrected chi connectivity index (χ0v) is 14.0. The molecule has 0 saturated carbocycles. The molecule has 0 saturated heterocycles. The standard InChI is InChI=1S/C20H18N2OS/c23-19(15-24-20-12-6-7-13-21-20)22-18-11-5-4-10-17(18)14-16-8-2-1-3-9-16/h1-13H,14-15H2,(H,22,23). The highest BCUT2D eigenvalue weighted by molar-refractivity contribution is 7.99. The van der Waals surface area contributed by atoms with Gasteiger partial charge in [0.25, 0.3) is 0 Å². The summed E-state index contributed by atoms with van der Waals surface area (Å²) in [6.45, 7) is 0. The van der Waals surface area contributed by atoms with Crippen LogP contribution in [0, 0.1) is 0 Å². The first-order chi connectivity index (χ1) is 11.8. The van der Waals surface area contributed by atoms with Crippen molar-refractivity contribution in [3.05, 3.63) is 90.1 Å². The zero-order valence-electron chi connectivity index (χ0n) is 13.2. The molecule has 0 fully saturated rings. The molecule has 0 aliphatic heterocycles. The van der Waals surface area contributed by atoms with Gasteiger partial charge in [-0.15, -0.1) is 0 Å². The Bertz CT molecular complexity index is 791. The van der Waals surface area contributed by atoms with Gasteiger partial charge in [-0.2, -0.15) is 0 Å². The Kier molecular flexibility index (Phi) is 5.64. The molecule has 0 atom stereocenters. The van der Waals surface area contributed by atoms with E-state index in [4.69, 9.17) is 0 Å². The smallest absolute Gasteiger partial charge is 0.234 e. The van der Waals surface area contributed by atoms with Gasteiger partial charge in [-0.3, -0.25) is 4.79 Å². The van der Waals surface area contributed by atoms with Gasteiger partial charge < -0.3 is 5.32 Å². The van der Waals surface area contributed by atoms with Crippen LogP contribution in [0.25, 0.3) is 0 Å². The van der Waals surface area contributed by atoms with Gasteiger partial charge in [-0.05, 0) is 35.7 Å². The van der Waals surface area contributed by atoms with Gasteiger partial charge in [0.15, 0.2) is 0 Å². The molecule has 0 aliphatic rings. The van der Waals surface area contributed by atoms with Crippen LogP contribution in [0.3, 0.4) is 0 Å². The predicted molar refractivity (Wildman–Crippen MR) is 99.3 cm³/mol. The monoisotopic (exact) mass is 334 g/mol. The van der Waals surface area contributed by atoms with Crippen molar-refractivity contribution in [1.82, 2.24) is 4.98 Å². The largest absolute Gasteiger partial charge is 0.325 e. The van der Waals surface area contributed by atoms with Gasteiger partial charge in [0.2, 0.25) is 5.91 Å². The number of amides is 1. The second kappa shape index (κ2) is 8.31. The molecule has 3 aromatic rings. The van der Waals surface area contributed by atoms with Crippen LogP contribution in [0.5, 0.6) is 0 Å². The van der Waals surface area contributed by atoms with E-state index in [1.807, 2.05) is 54.6 Å². The number of nitrogens with one attached hydrogen (secondary N) is 1. The number of thioether (sulfide) groups is 1. The molecule has 1 N–H and O–H groups in total. The minimum absolute atomic E-state index is 0.0221. The molecule has 1 aromatic heterocycles. The lowest BCUT2D eigenvalue weighted by Gasteiger charge is -2.11. The number of hydrogen-bond acceptors (Lipinski definition) is 3. The summed E-state index contributed by atoms with van der Waals surface area (Å²) in [6.07, 6.45) is 2.53. The van der Waals surface area contributed by atoms with Gasteiger partial charge in [-0.25, -0.2) is 4.98 Å². The van der Waals surface area contributed by atoms with E-state index in [9.17, 15) is 4.79 Å². The lowest BCUT2D eigenvalue weighted by molar-refractivity contribution is -0.113. The second-order valence-electron chi connectivity index (χ2n) is 5.32. The minimum atomic E-state index is -0.0221. The molecule has 3 rings (SSSR count). The van der Waals surface area contributed by atoms with Crippen LogP contribution in [0.1, 0.15) is 11.1 Å². The molecule has 2 aromatic carbocycles. The predicted octanol–water partition coefficient (Wildman–Crippen LogP) is 4.40. The number of para-hydroxylation sites is 1. The van der Waals surface area contributed by atoms with Crippen molar-refractivity contribution in [2.45, 2.75) is 11.4 Å². The average molecular weight is 334 g/mol. The highest BCUT2D eigenvalue weighted by atomic mass is 32.2. The van der Waals surface area contributed by atoms with E-state index in [-0.39, 0.29) is 5.91 Å². The van der Waals surface area contributed by atoms with Crippen LogP contribution in [0.2, 0.25) is 0 Å². The summed E-state index contributed by atoms with van der Waals surface area (Å²) in [5.41, 5.74) is 3.20. The molecule has 4 heteroatoms. The lowest BCUT2D eigenvalue weighted by atomic mass is 10.0. The van der Waals surface area contributed by atoms with Crippen LogP contribution in [0.15, 0.2) is 84.0 Å². The van der Waals surface area contributed by atoms with Gasteiger partial charge >= 0.3 is 0 Å². The number of anilines is 1. The fourth-order valence-corrected chi connectivity index (χ4v) is 3.03. The van der Waals surface area contributed by atoms with Gasteiger partial charge in [-0.1, -0.05) is 66.4 Å². The topological polar surface area (TPSA) is 42.0 Å². The van der Waals surface area contributed by atoms with Gasteiger partial charge in [0.05, 0.1) is 10.8 Å². The fourth-order valence-electron chi connectivity index (χ4n) is 2.37. The Labute approximate surface area is 146 Å². The summed E-state index contributed by atoms with van der Waals surface area (Å²) in [5.74, 6) is 0.322. The average Bonchev–Trinajstić information content (AvgIpc) is 2.63. The third kappa shape index (κ3) is 4.70. The van der Waals surface area contributed by atoms with Crippen LogP contribution in [0.4, 0.5) is 5.69 Å². The third-order valence-electron chi connectivity index (χ3n) is 3.52. The quantitative estimate of drug-likeness (QED) is 0.679. The van der Waals surface area contributed by atoms with E-state index < -0.39 is 0 Å². The Balaban J connectivity index is 1.63. The molecule has 0 bridgehead atoms. The fraction of sp³-hybridized carbons (Fsp3) is 0.100. The molecular weight excluding hydrogens is 316 g/mol. The Morgan fingerprint density at radius 3 is 2.46 bits per heavy atom. The van der Waals surface area contributed by atoms with Gasteiger partial charge in [0, 0.05) is 11.9 Å². The van der Waals surface area contributed by atoms with Gasteiger partial charge in [0.1, 0.15) is 0 Å². The van der Waals surface area contributed by atoms with Crippen LogP contribution in [-0.4, -0.2) is 16.6 Å². The number of carbonyl (C=O) groups excluding carboxylic acids is 1. The van der Waals surface area contributed by atoms with E-state index in [1.54, 1.807) is 6.20 Å². The summed E-state index contributed by atoms with van der Waals surface area (Å²) in [4.78, 5) is 16.4. The number of rotatable bonds is 6. The maximum absolute atomic E-state index is 12.2. The molecule has 0 unspecified atom stereocenters. The molecule has 0 aliphatic carbocycles. The molecular formula is C20H18N2OS. The Hall–Kier alpha value is -2.59. The van der Waals surface area contributed by atoms with Crippen LogP contribution < -0.4 is 5.32 Å².